The third kappa shape index (κ3) is 7.35. The molecule has 1 atom stereocenters. The number of nitrogens with zero attached hydrogens (tertiary/aromatic N) is 2. The predicted molar refractivity (Wildman–Crippen MR) is 148 cm³/mol. The Balaban J connectivity index is 2.00. The van der Waals surface area contributed by atoms with Gasteiger partial charge in [0.15, 0.2) is 0 Å². The van der Waals surface area contributed by atoms with Crippen LogP contribution in [0.3, 0.4) is 0 Å². The van der Waals surface area contributed by atoms with Crippen molar-refractivity contribution in [1.29, 1.82) is 0 Å². The van der Waals surface area contributed by atoms with Crippen molar-refractivity contribution >= 4 is 27.5 Å². The fourth-order valence-electron chi connectivity index (χ4n) is 3.83. The third-order valence-corrected chi connectivity index (χ3v) is 7.79. The first-order chi connectivity index (χ1) is 18.1. The Morgan fingerprint density at radius 2 is 1.53 bits per heavy atom. The van der Waals surface area contributed by atoms with Crippen molar-refractivity contribution in [2.24, 2.45) is 5.92 Å². The summed E-state index contributed by atoms with van der Waals surface area (Å²) in [6, 6.07) is 22.9. The summed E-state index contributed by atoms with van der Waals surface area (Å²) in [5.74, 6) is -0.125. The largest absolute Gasteiger partial charge is 0.497 e. The van der Waals surface area contributed by atoms with Crippen molar-refractivity contribution < 1.29 is 22.7 Å². The van der Waals surface area contributed by atoms with E-state index in [4.69, 9.17) is 4.74 Å². The number of carbonyl (C=O) groups excluding carboxylic acids is 2. The van der Waals surface area contributed by atoms with E-state index in [1.165, 1.54) is 24.1 Å². The second-order valence-electron chi connectivity index (χ2n) is 9.35. The van der Waals surface area contributed by atoms with Gasteiger partial charge in [0.1, 0.15) is 18.3 Å². The van der Waals surface area contributed by atoms with Crippen LogP contribution < -0.4 is 14.4 Å². The molecule has 0 aliphatic heterocycles. The van der Waals surface area contributed by atoms with Gasteiger partial charge in [-0.25, -0.2) is 8.42 Å². The minimum atomic E-state index is -4.12. The second-order valence-corrected chi connectivity index (χ2v) is 11.2. The molecule has 1 N–H and O–H groups in total. The molecule has 9 heteroatoms. The first-order valence-electron chi connectivity index (χ1n) is 12.5. The van der Waals surface area contributed by atoms with E-state index in [2.05, 4.69) is 5.32 Å². The molecule has 0 radical (unpaired) electrons. The molecule has 0 aromatic heterocycles. The zero-order valence-corrected chi connectivity index (χ0v) is 23.0. The van der Waals surface area contributed by atoms with Gasteiger partial charge in [-0.2, -0.15) is 0 Å². The van der Waals surface area contributed by atoms with Crippen molar-refractivity contribution in [3.8, 4) is 5.75 Å². The number of sulfonamides is 1. The van der Waals surface area contributed by atoms with E-state index in [1.54, 1.807) is 49.4 Å². The fraction of sp³-hybridized carbons (Fsp3) is 0.310. The van der Waals surface area contributed by atoms with Gasteiger partial charge >= 0.3 is 0 Å². The van der Waals surface area contributed by atoms with Crippen LogP contribution in [0.2, 0.25) is 0 Å². The lowest BCUT2D eigenvalue weighted by Crippen LogP contribution is -2.51. The number of hydrogen-bond acceptors (Lipinski definition) is 5. The van der Waals surface area contributed by atoms with Gasteiger partial charge in [-0.05, 0) is 42.7 Å². The molecular formula is C29H35N3O5S. The summed E-state index contributed by atoms with van der Waals surface area (Å²) in [5.41, 5.74) is 1.10. The molecule has 0 saturated heterocycles. The minimum Gasteiger partial charge on any atom is -0.497 e. The molecule has 0 unspecified atom stereocenters. The summed E-state index contributed by atoms with van der Waals surface area (Å²) in [6.45, 7) is 5.73. The van der Waals surface area contributed by atoms with Crippen LogP contribution in [0.15, 0.2) is 89.8 Å². The van der Waals surface area contributed by atoms with E-state index in [1.807, 2.05) is 44.2 Å². The van der Waals surface area contributed by atoms with Crippen LogP contribution in [-0.4, -0.2) is 51.4 Å². The van der Waals surface area contributed by atoms with Crippen molar-refractivity contribution in [2.45, 2.75) is 38.3 Å². The van der Waals surface area contributed by atoms with Gasteiger partial charge in [-0.3, -0.25) is 13.9 Å². The lowest BCUT2D eigenvalue weighted by atomic mass is 10.1. The number of benzene rings is 3. The number of methoxy groups -OCH3 is 1. The van der Waals surface area contributed by atoms with E-state index in [0.29, 0.717) is 12.3 Å². The van der Waals surface area contributed by atoms with Crippen molar-refractivity contribution in [3.05, 3.63) is 90.5 Å². The van der Waals surface area contributed by atoms with Gasteiger partial charge < -0.3 is 15.0 Å². The molecule has 0 heterocycles. The molecule has 0 aliphatic rings. The number of ether oxygens (including phenoxy) is 1. The third-order valence-electron chi connectivity index (χ3n) is 6.00. The van der Waals surface area contributed by atoms with Crippen LogP contribution in [0.4, 0.5) is 5.69 Å². The van der Waals surface area contributed by atoms with Gasteiger partial charge in [0.2, 0.25) is 11.8 Å². The Bertz CT molecular complexity index is 1310. The Hall–Kier alpha value is -3.85. The van der Waals surface area contributed by atoms with Gasteiger partial charge in [-0.15, -0.1) is 0 Å². The van der Waals surface area contributed by atoms with E-state index in [-0.39, 0.29) is 29.0 Å². The number of carbonyl (C=O) groups is 2. The molecule has 0 fully saturated rings. The van der Waals surface area contributed by atoms with E-state index < -0.39 is 28.5 Å². The van der Waals surface area contributed by atoms with Crippen LogP contribution in [0, 0.1) is 5.92 Å². The average Bonchev–Trinajstić information content (AvgIpc) is 2.93. The van der Waals surface area contributed by atoms with Crippen molar-refractivity contribution in [3.63, 3.8) is 0 Å². The number of nitrogens with one attached hydrogen (secondary N) is 1. The first kappa shape index (κ1) is 28.7. The normalized spacial score (nSPS) is 12.0. The predicted octanol–water partition coefficient (Wildman–Crippen LogP) is 4.08. The maximum atomic E-state index is 13.9. The monoisotopic (exact) mass is 537 g/mol. The number of rotatable bonds is 12. The highest BCUT2D eigenvalue weighted by Gasteiger charge is 2.32. The molecule has 0 saturated carbocycles. The summed E-state index contributed by atoms with van der Waals surface area (Å²) in [4.78, 5) is 28.3. The zero-order chi connectivity index (χ0) is 27.7. The molecule has 202 valence electrons. The SMILES string of the molecule is COc1cccc(N(CC(=O)N(Cc2ccccc2)[C@@H](C)C(=O)NCC(C)C)S(=O)(=O)c2ccccc2)c1. The highest BCUT2D eigenvalue weighted by atomic mass is 32.2. The quantitative estimate of drug-likeness (QED) is 0.376. The molecular weight excluding hydrogens is 502 g/mol. The average molecular weight is 538 g/mol. The Labute approximate surface area is 225 Å². The summed E-state index contributed by atoms with van der Waals surface area (Å²) in [7, 11) is -2.63. The zero-order valence-electron chi connectivity index (χ0n) is 22.2. The van der Waals surface area contributed by atoms with E-state index in [0.717, 1.165) is 9.87 Å². The standard InChI is InChI=1S/C29H35N3O5S/c1-22(2)19-30-29(34)23(3)31(20-24-12-7-5-8-13-24)28(33)21-32(25-14-11-15-26(18-25)37-4)38(35,36)27-16-9-6-10-17-27/h5-18,22-23H,19-21H2,1-4H3,(H,30,34)/t23-/m0/s1. The molecule has 3 aromatic carbocycles. The topological polar surface area (TPSA) is 96.0 Å². The van der Waals surface area contributed by atoms with Crippen molar-refractivity contribution in [2.75, 3.05) is 24.5 Å². The van der Waals surface area contributed by atoms with Crippen LogP contribution >= 0.6 is 0 Å². The fourth-order valence-corrected chi connectivity index (χ4v) is 5.26. The minimum absolute atomic E-state index is 0.0490. The van der Waals surface area contributed by atoms with Gasteiger partial charge in [0.05, 0.1) is 17.7 Å². The summed E-state index contributed by atoms with van der Waals surface area (Å²) < 4.78 is 33.9. The Morgan fingerprint density at radius 3 is 2.13 bits per heavy atom. The Morgan fingerprint density at radius 1 is 0.895 bits per heavy atom. The summed E-state index contributed by atoms with van der Waals surface area (Å²) >= 11 is 0. The van der Waals surface area contributed by atoms with Gasteiger partial charge in [-0.1, -0.05) is 68.4 Å². The highest BCUT2D eigenvalue weighted by Crippen LogP contribution is 2.27. The molecule has 2 amide bonds. The van der Waals surface area contributed by atoms with Crippen LogP contribution in [0.1, 0.15) is 26.3 Å². The lowest BCUT2D eigenvalue weighted by molar-refractivity contribution is -0.139. The molecule has 0 spiro atoms. The summed E-state index contributed by atoms with van der Waals surface area (Å²) in [6.07, 6.45) is 0. The van der Waals surface area contributed by atoms with E-state index >= 15 is 0 Å². The lowest BCUT2D eigenvalue weighted by Gasteiger charge is -2.32. The first-order valence-corrected chi connectivity index (χ1v) is 13.9. The molecule has 0 bridgehead atoms. The van der Waals surface area contributed by atoms with Crippen LogP contribution in [0.5, 0.6) is 5.75 Å². The van der Waals surface area contributed by atoms with E-state index in [9.17, 15) is 18.0 Å². The highest BCUT2D eigenvalue weighted by molar-refractivity contribution is 7.92. The van der Waals surface area contributed by atoms with Crippen LogP contribution in [-0.2, 0) is 26.2 Å². The smallest absolute Gasteiger partial charge is 0.264 e. The van der Waals surface area contributed by atoms with Gasteiger partial charge in [0, 0.05) is 19.2 Å². The summed E-state index contributed by atoms with van der Waals surface area (Å²) in [5, 5.41) is 2.88. The Kier molecular flexibility index (Phi) is 9.90. The molecule has 0 aliphatic carbocycles. The number of amides is 2. The number of hydrogen-bond donors (Lipinski definition) is 1. The second kappa shape index (κ2) is 13.1. The molecule has 38 heavy (non-hydrogen) atoms. The van der Waals surface area contributed by atoms with Crippen molar-refractivity contribution in [1.82, 2.24) is 10.2 Å². The van der Waals surface area contributed by atoms with Gasteiger partial charge in [0.25, 0.3) is 10.0 Å². The molecule has 3 aromatic rings. The molecule has 8 nitrogen and oxygen atoms in total. The maximum Gasteiger partial charge on any atom is 0.264 e. The van der Waals surface area contributed by atoms with Crippen LogP contribution in [0.25, 0.3) is 0 Å². The maximum absolute atomic E-state index is 13.9. The molecule has 3 rings (SSSR count). The number of anilines is 1.